The maximum Gasteiger partial charge on any atom is 0.320 e. The molecule has 0 aliphatic carbocycles. The van der Waals surface area contributed by atoms with Gasteiger partial charge in [0.2, 0.25) is 0 Å². The number of hydrogen-bond donors (Lipinski definition) is 1. The van der Waals surface area contributed by atoms with Gasteiger partial charge in [-0.2, -0.15) is 0 Å². The molecule has 1 rings (SSSR count). The summed E-state index contributed by atoms with van der Waals surface area (Å²) in [5, 5.41) is 8.76. The first-order chi connectivity index (χ1) is 8.82. The minimum Gasteiger partial charge on any atom is -0.481 e. The molecule has 1 atom stereocenters. The highest BCUT2D eigenvalue weighted by Crippen LogP contribution is 2.19. The summed E-state index contributed by atoms with van der Waals surface area (Å²) in [5.41, 5.74) is 0.495. The van der Waals surface area contributed by atoms with E-state index < -0.39 is 23.5 Å². The van der Waals surface area contributed by atoms with Gasteiger partial charge >= 0.3 is 11.9 Å². The summed E-state index contributed by atoms with van der Waals surface area (Å²) in [6.45, 7) is 4.92. The van der Waals surface area contributed by atoms with Gasteiger partial charge in [-0.15, -0.1) is 0 Å². The molecule has 1 N–H and O–H groups in total. The zero-order chi connectivity index (χ0) is 14.5. The van der Waals surface area contributed by atoms with Crippen LogP contribution in [0.4, 0.5) is 0 Å². The van der Waals surface area contributed by atoms with Crippen LogP contribution in [-0.2, 0) is 20.7 Å². The largest absolute Gasteiger partial charge is 0.481 e. The van der Waals surface area contributed by atoms with Gasteiger partial charge in [-0.05, 0) is 39.2 Å². The first-order valence-electron chi connectivity index (χ1n) is 6.31. The Kier molecular flexibility index (Phi) is 5.10. The topological polar surface area (TPSA) is 63.6 Å². The third kappa shape index (κ3) is 5.12. The molecular weight excluding hydrogens is 244 g/mol. The number of carboxylic acids is 1. The minimum absolute atomic E-state index is 0.648. The highest BCUT2D eigenvalue weighted by molar-refractivity contribution is 5.93. The molecule has 4 heteroatoms. The molecule has 0 aromatic heterocycles. The molecule has 0 amide bonds. The Morgan fingerprint density at radius 3 is 2.37 bits per heavy atom. The Morgan fingerprint density at radius 2 is 1.84 bits per heavy atom. The number of ether oxygens (including phenoxy) is 1. The van der Waals surface area contributed by atoms with Crippen molar-refractivity contribution in [2.45, 2.75) is 39.2 Å². The maximum atomic E-state index is 11.6. The minimum atomic E-state index is -1.16. The van der Waals surface area contributed by atoms with Gasteiger partial charge < -0.3 is 9.84 Å². The fraction of sp³-hybridized carbons (Fsp3) is 0.467. The van der Waals surface area contributed by atoms with Gasteiger partial charge in [-0.25, -0.2) is 0 Å². The van der Waals surface area contributed by atoms with E-state index in [0.717, 1.165) is 12.0 Å². The number of esters is 1. The lowest BCUT2D eigenvalue weighted by Crippen LogP contribution is -2.33. The first kappa shape index (κ1) is 15.2. The predicted molar refractivity (Wildman–Crippen MR) is 71.7 cm³/mol. The van der Waals surface area contributed by atoms with Crippen LogP contribution in [0, 0.1) is 5.92 Å². The van der Waals surface area contributed by atoms with E-state index in [1.165, 1.54) is 6.92 Å². The molecule has 0 aliphatic heterocycles. The SMILES string of the molecule is CC(C(=O)O)C(=O)OC(C)(C)CCc1ccccc1. The Morgan fingerprint density at radius 1 is 1.26 bits per heavy atom. The molecule has 1 aromatic carbocycles. The van der Waals surface area contributed by atoms with Crippen molar-refractivity contribution < 1.29 is 19.4 Å². The van der Waals surface area contributed by atoms with Crippen LogP contribution in [0.3, 0.4) is 0 Å². The molecule has 0 fully saturated rings. The van der Waals surface area contributed by atoms with Crippen LogP contribution in [-0.4, -0.2) is 22.6 Å². The van der Waals surface area contributed by atoms with E-state index in [2.05, 4.69) is 0 Å². The Balaban J connectivity index is 2.52. The van der Waals surface area contributed by atoms with E-state index in [4.69, 9.17) is 9.84 Å². The summed E-state index contributed by atoms with van der Waals surface area (Å²) in [5.74, 6) is -2.98. The van der Waals surface area contributed by atoms with Crippen LogP contribution in [0.15, 0.2) is 30.3 Å². The lowest BCUT2D eigenvalue weighted by atomic mass is 9.98. The van der Waals surface area contributed by atoms with E-state index in [9.17, 15) is 9.59 Å². The van der Waals surface area contributed by atoms with Gasteiger partial charge in [0.05, 0.1) is 0 Å². The number of carboxylic acid groups (broad SMARTS) is 1. The molecule has 0 saturated heterocycles. The van der Waals surface area contributed by atoms with Gasteiger partial charge in [0.25, 0.3) is 0 Å². The number of rotatable bonds is 6. The van der Waals surface area contributed by atoms with Crippen LogP contribution in [0.1, 0.15) is 32.8 Å². The molecule has 4 nitrogen and oxygen atoms in total. The summed E-state index contributed by atoms with van der Waals surface area (Å²) >= 11 is 0. The molecule has 1 aromatic rings. The number of benzene rings is 1. The van der Waals surface area contributed by atoms with Crippen LogP contribution < -0.4 is 0 Å². The molecule has 1 unspecified atom stereocenters. The Bertz CT molecular complexity index is 437. The summed E-state index contributed by atoms with van der Waals surface area (Å²) in [7, 11) is 0. The molecule has 19 heavy (non-hydrogen) atoms. The van der Waals surface area contributed by atoms with Crippen LogP contribution in [0.5, 0.6) is 0 Å². The molecular formula is C15H20O4. The van der Waals surface area contributed by atoms with Crippen molar-refractivity contribution in [3.8, 4) is 0 Å². The van der Waals surface area contributed by atoms with Crippen molar-refractivity contribution >= 4 is 11.9 Å². The van der Waals surface area contributed by atoms with Crippen LogP contribution in [0.25, 0.3) is 0 Å². The monoisotopic (exact) mass is 264 g/mol. The average molecular weight is 264 g/mol. The quantitative estimate of drug-likeness (QED) is 0.633. The smallest absolute Gasteiger partial charge is 0.320 e. The number of carbonyl (C=O) groups excluding carboxylic acids is 1. The van der Waals surface area contributed by atoms with E-state index in [1.807, 2.05) is 30.3 Å². The van der Waals surface area contributed by atoms with E-state index in [-0.39, 0.29) is 0 Å². The summed E-state index contributed by atoms with van der Waals surface area (Å²) in [6, 6.07) is 9.89. The van der Waals surface area contributed by atoms with Crippen molar-refractivity contribution in [1.29, 1.82) is 0 Å². The molecule has 0 bridgehead atoms. The zero-order valence-corrected chi connectivity index (χ0v) is 11.6. The highest BCUT2D eigenvalue weighted by atomic mass is 16.6. The van der Waals surface area contributed by atoms with Crippen molar-refractivity contribution in [2.24, 2.45) is 5.92 Å². The lowest BCUT2D eigenvalue weighted by molar-refractivity contribution is -0.167. The second kappa shape index (κ2) is 6.36. The van der Waals surface area contributed by atoms with E-state index in [1.54, 1.807) is 13.8 Å². The van der Waals surface area contributed by atoms with Gasteiger partial charge in [0, 0.05) is 0 Å². The summed E-state index contributed by atoms with van der Waals surface area (Å²) in [4.78, 5) is 22.3. The normalized spacial score (nSPS) is 12.8. The van der Waals surface area contributed by atoms with Gasteiger partial charge in [0.15, 0.2) is 5.92 Å². The van der Waals surface area contributed by atoms with E-state index in [0.29, 0.717) is 6.42 Å². The third-order valence-corrected chi connectivity index (χ3v) is 2.96. The second-order valence-corrected chi connectivity index (χ2v) is 5.23. The fourth-order valence-corrected chi connectivity index (χ4v) is 1.60. The second-order valence-electron chi connectivity index (χ2n) is 5.23. The number of aryl methyl sites for hydroxylation is 1. The van der Waals surface area contributed by atoms with Gasteiger partial charge in [-0.3, -0.25) is 9.59 Å². The van der Waals surface area contributed by atoms with Crippen LogP contribution in [0.2, 0.25) is 0 Å². The number of carbonyl (C=O) groups is 2. The Hall–Kier alpha value is -1.84. The van der Waals surface area contributed by atoms with Gasteiger partial charge in [0.1, 0.15) is 5.60 Å². The summed E-state index contributed by atoms with van der Waals surface area (Å²) < 4.78 is 5.26. The lowest BCUT2D eigenvalue weighted by Gasteiger charge is -2.26. The molecule has 0 radical (unpaired) electrons. The highest BCUT2D eigenvalue weighted by Gasteiger charge is 2.29. The van der Waals surface area contributed by atoms with Gasteiger partial charge in [-0.1, -0.05) is 30.3 Å². The maximum absolute atomic E-state index is 11.6. The van der Waals surface area contributed by atoms with Crippen molar-refractivity contribution in [3.05, 3.63) is 35.9 Å². The average Bonchev–Trinajstić information content (AvgIpc) is 2.36. The van der Waals surface area contributed by atoms with Crippen molar-refractivity contribution in [3.63, 3.8) is 0 Å². The summed E-state index contributed by atoms with van der Waals surface area (Å²) in [6.07, 6.45) is 1.43. The molecule has 0 heterocycles. The third-order valence-electron chi connectivity index (χ3n) is 2.96. The first-order valence-corrected chi connectivity index (χ1v) is 6.31. The molecule has 104 valence electrons. The standard InChI is InChI=1S/C15H20O4/c1-11(13(16)17)14(18)19-15(2,3)10-9-12-7-5-4-6-8-12/h4-8,11H,9-10H2,1-3H3,(H,16,17). The number of hydrogen-bond acceptors (Lipinski definition) is 3. The van der Waals surface area contributed by atoms with E-state index >= 15 is 0 Å². The Labute approximate surface area is 113 Å². The van der Waals surface area contributed by atoms with Crippen molar-refractivity contribution in [2.75, 3.05) is 0 Å². The van der Waals surface area contributed by atoms with Crippen molar-refractivity contribution in [1.82, 2.24) is 0 Å². The molecule has 0 aliphatic rings. The zero-order valence-electron chi connectivity index (χ0n) is 11.6. The van der Waals surface area contributed by atoms with Crippen LogP contribution >= 0.6 is 0 Å². The molecule has 0 saturated carbocycles. The fourth-order valence-electron chi connectivity index (χ4n) is 1.60. The molecule has 0 spiro atoms. The predicted octanol–water partition coefficient (Wildman–Crippen LogP) is 2.66. The number of aliphatic carboxylic acids is 1.